The van der Waals surface area contributed by atoms with Crippen LogP contribution in [0.3, 0.4) is 0 Å². The van der Waals surface area contributed by atoms with Gasteiger partial charge in [-0.1, -0.05) is 43.6 Å². The van der Waals surface area contributed by atoms with Crippen LogP contribution in [0.1, 0.15) is 89.0 Å². The Hall–Kier alpha value is -1.48. The summed E-state index contributed by atoms with van der Waals surface area (Å²) in [6.07, 6.45) is 6.06. The molecule has 2 aromatic carbocycles. The Kier molecular flexibility index (Phi) is 4.26. The summed E-state index contributed by atoms with van der Waals surface area (Å²) in [7, 11) is 0. The van der Waals surface area contributed by atoms with Gasteiger partial charge in [-0.25, -0.2) is 0 Å². The highest BCUT2D eigenvalue weighted by molar-refractivity contribution is 9.10. The molecule has 1 N–H and O–H groups in total. The molecule has 0 amide bonds. The lowest BCUT2D eigenvalue weighted by molar-refractivity contribution is 0.0306. The number of aryl methyl sites for hydroxylation is 1. The predicted octanol–water partition coefficient (Wildman–Crippen LogP) is 8.35. The lowest BCUT2D eigenvalue weighted by Crippen LogP contribution is -2.46. The van der Waals surface area contributed by atoms with E-state index < -0.39 is 0 Å². The minimum absolute atomic E-state index is 0.00864. The molecule has 33 heavy (non-hydrogen) atoms. The van der Waals surface area contributed by atoms with Crippen molar-refractivity contribution in [2.45, 2.75) is 97.0 Å². The highest BCUT2D eigenvalue weighted by atomic mass is 79.9. The van der Waals surface area contributed by atoms with E-state index in [2.05, 4.69) is 82.6 Å². The first-order valence-corrected chi connectivity index (χ1v) is 13.5. The molecule has 0 saturated heterocycles. The molecular weight excluding hydrogens is 472 g/mol. The fraction of sp³-hybridized carbons (Fsp3) is 0.600. The third kappa shape index (κ3) is 2.46. The highest BCUT2D eigenvalue weighted by Gasteiger charge is 2.66. The molecule has 0 spiro atoms. The van der Waals surface area contributed by atoms with Crippen molar-refractivity contribution in [1.29, 1.82) is 0 Å². The molecular formula is C30H37BrO2. The Bertz CT molecular complexity index is 1210. The maximum atomic E-state index is 11.9. The summed E-state index contributed by atoms with van der Waals surface area (Å²) in [6.45, 7) is 16.1. The molecule has 1 aliphatic heterocycles. The van der Waals surface area contributed by atoms with Crippen LogP contribution in [-0.4, -0.2) is 10.7 Å². The summed E-state index contributed by atoms with van der Waals surface area (Å²) in [5.41, 5.74) is 7.06. The second-order valence-electron chi connectivity index (χ2n) is 12.6. The Labute approximate surface area is 207 Å². The Morgan fingerprint density at radius 1 is 0.970 bits per heavy atom. The van der Waals surface area contributed by atoms with Crippen LogP contribution in [0.5, 0.6) is 11.5 Å². The third-order valence-corrected chi connectivity index (χ3v) is 12.2. The van der Waals surface area contributed by atoms with Crippen molar-refractivity contribution in [2.75, 3.05) is 0 Å². The molecule has 176 valence electrons. The van der Waals surface area contributed by atoms with E-state index in [-0.39, 0.29) is 16.4 Å². The molecule has 3 aliphatic carbocycles. The first-order valence-electron chi connectivity index (χ1n) is 12.7. The van der Waals surface area contributed by atoms with Gasteiger partial charge >= 0.3 is 0 Å². The van der Waals surface area contributed by atoms with E-state index >= 15 is 0 Å². The number of phenols is 1. The zero-order valence-corrected chi connectivity index (χ0v) is 22.7. The molecule has 0 radical (unpaired) electrons. The van der Waals surface area contributed by atoms with Crippen LogP contribution in [-0.2, 0) is 10.8 Å². The van der Waals surface area contributed by atoms with Gasteiger partial charge in [-0.15, -0.1) is 0 Å². The zero-order chi connectivity index (χ0) is 23.7. The van der Waals surface area contributed by atoms with Crippen molar-refractivity contribution in [3.8, 4) is 22.6 Å². The van der Waals surface area contributed by atoms with Crippen LogP contribution in [0.25, 0.3) is 11.1 Å². The molecule has 3 heteroatoms. The van der Waals surface area contributed by atoms with E-state index in [0.717, 1.165) is 51.2 Å². The number of benzene rings is 2. The van der Waals surface area contributed by atoms with E-state index in [1.165, 1.54) is 30.4 Å². The number of ether oxygens (including phenoxy) is 1. The normalized spacial score (nSPS) is 40.4. The van der Waals surface area contributed by atoms with Gasteiger partial charge in [-0.2, -0.15) is 0 Å². The molecule has 6 atom stereocenters. The summed E-state index contributed by atoms with van der Waals surface area (Å²) >= 11 is 3.87. The van der Waals surface area contributed by atoms with Crippen molar-refractivity contribution in [1.82, 2.24) is 0 Å². The quantitative estimate of drug-likeness (QED) is 0.441. The van der Waals surface area contributed by atoms with Crippen molar-refractivity contribution in [3.63, 3.8) is 0 Å². The average Bonchev–Trinajstić information content (AvgIpc) is 3.22. The number of fused-ring (bicyclic) bond motifs is 4. The fourth-order valence-electron chi connectivity index (χ4n) is 8.11. The second kappa shape index (κ2) is 6.39. The van der Waals surface area contributed by atoms with Gasteiger partial charge in [-0.3, -0.25) is 0 Å². The van der Waals surface area contributed by atoms with E-state index in [1.54, 1.807) is 0 Å². The van der Waals surface area contributed by atoms with Crippen LogP contribution < -0.4 is 4.74 Å². The Morgan fingerprint density at radius 2 is 1.67 bits per heavy atom. The molecule has 4 aliphatic rings. The average molecular weight is 510 g/mol. The molecule has 0 aromatic heterocycles. The van der Waals surface area contributed by atoms with Crippen molar-refractivity contribution < 1.29 is 9.84 Å². The zero-order valence-electron chi connectivity index (χ0n) is 21.2. The summed E-state index contributed by atoms with van der Waals surface area (Å²) in [6, 6.07) is 6.79. The molecule has 2 aromatic rings. The second-order valence-corrected chi connectivity index (χ2v) is 13.4. The predicted molar refractivity (Wildman–Crippen MR) is 138 cm³/mol. The number of hydrogen-bond acceptors (Lipinski definition) is 2. The molecule has 3 fully saturated rings. The summed E-state index contributed by atoms with van der Waals surface area (Å²) in [4.78, 5) is 0. The van der Waals surface area contributed by atoms with Gasteiger partial charge < -0.3 is 9.84 Å². The summed E-state index contributed by atoms with van der Waals surface area (Å²) < 4.78 is 7.77. The Morgan fingerprint density at radius 3 is 2.30 bits per heavy atom. The van der Waals surface area contributed by atoms with Crippen LogP contribution in [0, 0.1) is 31.1 Å². The number of phenolic OH excluding ortho intramolecular Hbond substituents is 1. The van der Waals surface area contributed by atoms with E-state index in [9.17, 15) is 5.11 Å². The lowest BCUT2D eigenvalue weighted by atomic mass is 9.69. The maximum absolute atomic E-state index is 11.9. The van der Waals surface area contributed by atoms with Gasteiger partial charge in [0, 0.05) is 32.0 Å². The van der Waals surface area contributed by atoms with Gasteiger partial charge in [0.2, 0.25) is 0 Å². The molecule has 6 rings (SSSR count). The number of aromatic hydroxyl groups is 1. The third-order valence-electron chi connectivity index (χ3n) is 11.4. The van der Waals surface area contributed by atoms with Crippen LogP contribution in [0.4, 0.5) is 0 Å². The summed E-state index contributed by atoms with van der Waals surface area (Å²) in [5, 5.41) is 11.9. The highest BCUT2D eigenvalue weighted by Crippen LogP contribution is 2.73. The maximum Gasteiger partial charge on any atom is 0.127 e. The largest absolute Gasteiger partial charge is 0.507 e. The standard InChI is InChI=1S/C30H37BrO2/c1-16-12-24-21(28(5)10-8-17(2)30(28,7)33-24)13-20(16)25-18(3)23(31)14-22(26(25)32)27(4)11-9-19-15-29(19,27)6/h12-14,17,19,32H,8-11,15H2,1-7H3/t17-,19+,27-,28-,29-,30-/m0/s1. The molecule has 0 bridgehead atoms. The summed E-state index contributed by atoms with van der Waals surface area (Å²) in [5.74, 6) is 2.87. The number of halogens is 1. The van der Waals surface area contributed by atoms with Gasteiger partial charge in [0.1, 0.15) is 17.1 Å². The number of hydrogen-bond donors (Lipinski definition) is 1. The lowest BCUT2D eigenvalue weighted by Gasteiger charge is -2.36. The smallest absolute Gasteiger partial charge is 0.127 e. The van der Waals surface area contributed by atoms with Crippen molar-refractivity contribution in [3.05, 3.63) is 44.9 Å². The van der Waals surface area contributed by atoms with Gasteiger partial charge in [0.05, 0.1) is 0 Å². The van der Waals surface area contributed by atoms with Gasteiger partial charge in [-0.05, 0) is 105 Å². The SMILES string of the molecule is Cc1cc2c(cc1-c1c(C)c(Br)cc([C@]3(C)CC[C@@H]4C[C@@]43C)c1O)[C@]1(C)CC[C@H](C)[C@]1(C)O2. The topological polar surface area (TPSA) is 29.5 Å². The van der Waals surface area contributed by atoms with E-state index in [0.29, 0.717) is 17.1 Å². The van der Waals surface area contributed by atoms with Crippen LogP contribution in [0.15, 0.2) is 22.7 Å². The Balaban J connectivity index is 1.56. The minimum atomic E-state index is -0.160. The fourth-order valence-corrected chi connectivity index (χ4v) is 8.54. The van der Waals surface area contributed by atoms with Gasteiger partial charge in [0.25, 0.3) is 0 Å². The van der Waals surface area contributed by atoms with Crippen LogP contribution in [0.2, 0.25) is 0 Å². The monoisotopic (exact) mass is 508 g/mol. The van der Waals surface area contributed by atoms with Crippen molar-refractivity contribution >= 4 is 15.9 Å². The first kappa shape index (κ1) is 22.0. The van der Waals surface area contributed by atoms with E-state index in [4.69, 9.17) is 4.74 Å². The molecule has 1 heterocycles. The van der Waals surface area contributed by atoms with Gasteiger partial charge in [0.15, 0.2) is 0 Å². The molecule has 2 nitrogen and oxygen atoms in total. The minimum Gasteiger partial charge on any atom is -0.507 e. The molecule has 3 saturated carbocycles. The van der Waals surface area contributed by atoms with Crippen LogP contribution >= 0.6 is 15.9 Å². The molecule has 0 unspecified atom stereocenters. The van der Waals surface area contributed by atoms with E-state index in [1.807, 2.05) is 0 Å². The first-order chi connectivity index (χ1) is 15.4. The number of rotatable bonds is 2. The van der Waals surface area contributed by atoms with Crippen molar-refractivity contribution in [2.24, 2.45) is 17.3 Å².